The molecule has 0 spiro atoms. The largest absolute Gasteiger partial charge is 0.493 e. The molecule has 1 amide bonds. The van der Waals surface area contributed by atoms with E-state index in [4.69, 9.17) is 19.4 Å². The standard InChI is InChI=1S/C19H23N3O5S/c1-25-15-3-4-16(17(18(15)26-2)19(23)21-24)28-22-11-7-14(8-12-22)27-13-5-9-20-10-6-13/h3-6,9-10,14,24H,7-8,11-12H2,1-2H3,(H,21,23). The van der Waals surface area contributed by atoms with Crippen LogP contribution in [0.15, 0.2) is 41.6 Å². The first kappa shape index (κ1) is 20.2. The highest BCUT2D eigenvalue weighted by Gasteiger charge is 2.26. The molecule has 2 heterocycles. The first-order valence-corrected chi connectivity index (χ1v) is 9.62. The maximum Gasteiger partial charge on any atom is 0.279 e. The predicted octanol–water partition coefficient (Wildman–Crippen LogP) is 2.77. The van der Waals surface area contributed by atoms with Crippen LogP contribution in [0.4, 0.5) is 0 Å². The fraction of sp³-hybridized carbons (Fsp3) is 0.368. The van der Waals surface area contributed by atoms with Crippen LogP contribution in [0, 0.1) is 0 Å². The second-order valence-corrected chi connectivity index (χ2v) is 7.27. The molecule has 3 rings (SSSR count). The molecule has 1 aliphatic rings. The number of benzene rings is 1. The van der Waals surface area contributed by atoms with Gasteiger partial charge in [0.1, 0.15) is 17.4 Å². The van der Waals surface area contributed by atoms with Crippen molar-refractivity contribution in [2.45, 2.75) is 23.8 Å². The van der Waals surface area contributed by atoms with Crippen LogP contribution in [0.25, 0.3) is 0 Å². The quantitative estimate of drug-likeness (QED) is 0.413. The molecule has 1 aromatic carbocycles. The highest BCUT2D eigenvalue weighted by molar-refractivity contribution is 7.97. The summed E-state index contributed by atoms with van der Waals surface area (Å²) in [4.78, 5) is 16.9. The molecule has 28 heavy (non-hydrogen) atoms. The summed E-state index contributed by atoms with van der Waals surface area (Å²) in [6.45, 7) is 1.60. The van der Waals surface area contributed by atoms with Gasteiger partial charge >= 0.3 is 0 Å². The van der Waals surface area contributed by atoms with Gasteiger partial charge in [-0.25, -0.2) is 9.79 Å². The smallest absolute Gasteiger partial charge is 0.279 e. The number of pyridine rings is 1. The number of methoxy groups -OCH3 is 2. The number of hydrogen-bond acceptors (Lipinski definition) is 8. The van der Waals surface area contributed by atoms with Gasteiger partial charge in [-0.3, -0.25) is 15.0 Å². The normalized spacial score (nSPS) is 15.1. The first-order chi connectivity index (χ1) is 13.7. The van der Waals surface area contributed by atoms with E-state index in [1.807, 2.05) is 12.1 Å². The van der Waals surface area contributed by atoms with Crippen LogP contribution < -0.4 is 19.7 Å². The fourth-order valence-electron chi connectivity index (χ4n) is 3.05. The van der Waals surface area contributed by atoms with Crippen LogP contribution in [-0.2, 0) is 0 Å². The molecule has 2 aromatic rings. The summed E-state index contributed by atoms with van der Waals surface area (Å²) in [5, 5.41) is 9.14. The number of ether oxygens (including phenoxy) is 3. The van der Waals surface area contributed by atoms with Gasteiger partial charge < -0.3 is 14.2 Å². The molecule has 1 fully saturated rings. The number of rotatable bonds is 7. The molecule has 0 radical (unpaired) electrons. The molecular weight excluding hydrogens is 382 g/mol. The van der Waals surface area contributed by atoms with Crippen molar-refractivity contribution in [3.63, 3.8) is 0 Å². The van der Waals surface area contributed by atoms with Crippen molar-refractivity contribution >= 4 is 17.9 Å². The fourth-order valence-corrected chi connectivity index (χ4v) is 4.12. The minimum atomic E-state index is -0.644. The molecule has 9 heteroatoms. The Balaban J connectivity index is 1.68. The average molecular weight is 405 g/mol. The lowest BCUT2D eigenvalue weighted by molar-refractivity contribution is 0.0698. The van der Waals surface area contributed by atoms with Crippen molar-refractivity contribution in [3.05, 3.63) is 42.2 Å². The molecule has 0 saturated carbocycles. The lowest BCUT2D eigenvalue weighted by atomic mass is 10.1. The van der Waals surface area contributed by atoms with E-state index in [0.717, 1.165) is 31.7 Å². The minimum absolute atomic E-state index is 0.143. The monoisotopic (exact) mass is 405 g/mol. The summed E-state index contributed by atoms with van der Waals surface area (Å²) >= 11 is 1.45. The third-order valence-electron chi connectivity index (χ3n) is 4.42. The van der Waals surface area contributed by atoms with Crippen molar-refractivity contribution < 1.29 is 24.2 Å². The van der Waals surface area contributed by atoms with Gasteiger partial charge in [0.05, 0.1) is 14.2 Å². The van der Waals surface area contributed by atoms with Crippen LogP contribution in [-0.4, -0.2) is 53.8 Å². The Morgan fingerprint density at radius 1 is 1.18 bits per heavy atom. The maximum atomic E-state index is 12.2. The number of aromatic nitrogens is 1. The van der Waals surface area contributed by atoms with Crippen LogP contribution in [0.1, 0.15) is 23.2 Å². The molecule has 0 atom stereocenters. The number of carbonyl (C=O) groups is 1. The van der Waals surface area contributed by atoms with Crippen molar-refractivity contribution in [3.8, 4) is 17.2 Å². The van der Waals surface area contributed by atoms with E-state index in [1.54, 1.807) is 30.0 Å². The number of nitrogens with one attached hydrogen (secondary N) is 1. The number of hydrogen-bond donors (Lipinski definition) is 2. The third kappa shape index (κ3) is 4.67. The van der Waals surface area contributed by atoms with Crippen LogP contribution >= 0.6 is 11.9 Å². The average Bonchev–Trinajstić information content (AvgIpc) is 2.74. The van der Waals surface area contributed by atoms with E-state index in [9.17, 15) is 4.79 Å². The third-order valence-corrected chi connectivity index (χ3v) is 5.58. The first-order valence-electron chi connectivity index (χ1n) is 8.85. The Bertz CT molecular complexity index is 798. The Labute approximate surface area is 167 Å². The van der Waals surface area contributed by atoms with Gasteiger partial charge in [-0.15, -0.1) is 0 Å². The van der Waals surface area contributed by atoms with Crippen LogP contribution in [0.2, 0.25) is 0 Å². The van der Waals surface area contributed by atoms with Gasteiger partial charge in [0, 0.05) is 30.4 Å². The number of carbonyl (C=O) groups excluding carboxylic acids is 1. The van der Waals surface area contributed by atoms with E-state index in [-0.39, 0.29) is 17.4 Å². The highest BCUT2D eigenvalue weighted by Crippen LogP contribution is 2.39. The van der Waals surface area contributed by atoms with Crippen molar-refractivity contribution in [1.82, 2.24) is 14.8 Å². The Morgan fingerprint density at radius 2 is 1.89 bits per heavy atom. The molecule has 1 aliphatic heterocycles. The SMILES string of the molecule is COc1ccc(SN2CCC(Oc3ccncc3)CC2)c(C(=O)NO)c1OC. The molecule has 1 aromatic heterocycles. The summed E-state index contributed by atoms with van der Waals surface area (Å²) in [5.41, 5.74) is 1.93. The zero-order valence-electron chi connectivity index (χ0n) is 15.8. The molecule has 2 N–H and O–H groups in total. The minimum Gasteiger partial charge on any atom is -0.493 e. The summed E-state index contributed by atoms with van der Waals surface area (Å²) in [6.07, 6.45) is 5.30. The van der Waals surface area contributed by atoms with Gasteiger partial charge in [0.2, 0.25) is 0 Å². The second-order valence-electron chi connectivity index (χ2n) is 6.14. The molecule has 8 nitrogen and oxygen atoms in total. The second kappa shape index (κ2) is 9.63. The molecule has 0 bridgehead atoms. The van der Waals surface area contributed by atoms with E-state index >= 15 is 0 Å². The van der Waals surface area contributed by atoms with Crippen molar-refractivity contribution in [1.29, 1.82) is 0 Å². The maximum absolute atomic E-state index is 12.2. The van der Waals surface area contributed by atoms with Gasteiger partial charge in [0.15, 0.2) is 11.5 Å². The lowest BCUT2D eigenvalue weighted by Crippen LogP contribution is -2.34. The van der Waals surface area contributed by atoms with E-state index in [1.165, 1.54) is 26.2 Å². The topological polar surface area (TPSA) is 93.2 Å². The van der Waals surface area contributed by atoms with Gasteiger partial charge in [-0.1, -0.05) is 0 Å². The summed E-state index contributed by atoms with van der Waals surface area (Å²) < 4.78 is 18.8. The molecule has 0 aliphatic carbocycles. The Hall–Kier alpha value is -2.49. The Morgan fingerprint density at radius 3 is 2.50 bits per heavy atom. The molecule has 1 saturated heterocycles. The van der Waals surface area contributed by atoms with Gasteiger partial charge in [-0.05, 0) is 49.1 Å². The molecule has 150 valence electrons. The Kier molecular flexibility index (Phi) is 6.96. The van der Waals surface area contributed by atoms with Crippen LogP contribution in [0.5, 0.6) is 17.2 Å². The zero-order chi connectivity index (χ0) is 19.9. The molecule has 0 unspecified atom stereocenters. The summed E-state index contributed by atoms with van der Waals surface area (Å²) in [7, 11) is 2.96. The predicted molar refractivity (Wildman–Crippen MR) is 104 cm³/mol. The van der Waals surface area contributed by atoms with E-state index < -0.39 is 5.91 Å². The summed E-state index contributed by atoms with van der Waals surface area (Å²) in [5.74, 6) is 0.891. The van der Waals surface area contributed by atoms with Crippen LogP contribution in [0.3, 0.4) is 0 Å². The van der Waals surface area contributed by atoms with Crippen molar-refractivity contribution in [2.24, 2.45) is 0 Å². The van der Waals surface area contributed by atoms with E-state index in [0.29, 0.717) is 10.6 Å². The zero-order valence-corrected chi connectivity index (χ0v) is 16.6. The molecular formula is C19H23N3O5S. The number of nitrogens with zero attached hydrogens (tertiary/aromatic N) is 2. The highest BCUT2D eigenvalue weighted by atomic mass is 32.2. The lowest BCUT2D eigenvalue weighted by Gasteiger charge is -2.31. The van der Waals surface area contributed by atoms with Gasteiger partial charge in [-0.2, -0.15) is 0 Å². The summed E-state index contributed by atoms with van der Waals surface area (Å²) in [6, 6.07) is 7.24. The number of piperidine rings is 1. The van der Waals surface area contributed by atoms with E-state index in [2.05, 4.69) is 9.29 Å². The number of hydroxylamine groups is 1. The van der Waals surface area contributed by atoms with Crippen molar-refractivity contribution in [2.75, 3.05) is 27.3 Å². The van der Waals surface area contributed by atoms with Gasteiger partial charge in [0.25, 0.3) is 5.91 Å². The number of amides is 1.